The van der Waals surface area contributed by atoms with Gasteiger partial charge in [-0.15, -0.1) is 0 Å². The van der Waals surface area contributed by atoms with Crippen molar-refractivity contribution in [2.75, 3.05) is 13.7 Å². The Hall–Kier alpha value is -3.44. The Labute approximate surface area is 193 Å². The molecular weight excluding hydrogens is 448 g/mol. The van der Waals surface area contributed by atoms with E-state index in [1.54, 1.807) is 31.4 Å². The quantitative estimate of drug-likeness (QED) is 0.448. The first-order chi connectivity index (χ1) is 16.3. The van der Waals surface area contributed by atoms with Gasteiger partial charge in [0, 0.05) is 13.0 Å². The summed E-state index contributed by atoms with van der Waals surface area (Å²) in [6.07, 6.45) is -5.80. The Morgan fingerprint density at radius 3 is 2.38 bits per heavy atom. The van der Waals surface area contributed by atoms with E-state index in [1.807, 2.05) is 0 Å². The predicted molar refractivity (Wildman–Crippen MR) is 118 cm³/mol. The molecule has 1 fully saturated rings. The Morgan fingerprint density at radius 2 is 1.71 bits per heavy atom. The van der Waals surface area contributed by atoms with Crippen molar-refractivity contribution in [2.45, 2.75) is 37.6 Å². The normalized spacial score (nSPS) is 24.6. The molecule has 0 radical (unpaired) electrons. The van der Waals surface area contributed by atoms with Crippen LogP contribution in [0, 0.1) is 0 Å². The van der Waals surface area contributed by atoms with Crippen molar-refractivity contribution in [3.63, 3.8) is 0 Å². The third-order valence-electron chi connectivity index (χ3n) is 5.52. The standard InChI is InChI=1S/C24H24O10/c1-12(25)31-11-19-21(27)22(28)23(29)24(34-19)33-15-7-8-16-18(9-15)32-10-17(20(16)26)13-3-5-14(30-2)6-4-13/h3-10,19,21-24,27-29H,11H2,1-2H3/t19-,21-,22+,23-,24-/m1/s1. The Kier molecular flexibility index (Phi) is 6.85. The number of carbonyl (C=O) groups is 1. The fraction of sp³-hybridized carbons (Fsp3) is 0.333. The summed E-state index contributed by atoms with van der Waals surface area (Å²) < 4.78 is 26.8. The van der Waals surface area contributed by atoms with Gasteiger partial charge in [-0.1, -0.05) is 12.1 Å². The van der Waals surface area contributed by atoms with Gasteiger partial charge in [-0.2, -0.15) is 0 Å². The molecule has 0 unspecified atom stereocenters. The van der Waals surface area contributed by atoms with Gasteiger partial charge in [0.25, 0.3) is 0 Å². The van der Waals surface area contributed by atoms with E-state index in [4.69, 9.17) is 23.4 Å². The molecule has 1 aliphatic rings. The minimum absolute atomic E-state index is 0.187. The molecule has 1 aromatic heterocycles. The van der Waals surface area contributed by atoms with Gasteiger partial charge in [0.05, 0.1) is 18.1 Å². The highest BCUT2D eigenvalue weighted by atomic mass is 16.7. The van der Waals surface area contributed by atoms with Crippen molar-refractivity contribution in [2.24, 2.45) is 0 Å². The van der Waals surface area contributed by atoms with Gasteiger partial charge in [-0.05, 0) is 29.8 Å². The van der Waals surface area contributed by atoms with Crippen molar-refractivity contribution in [3.05, 3.63) is 59.0 Å². The highest BCUT2D eigenvalue weighted by Gasteiger charge is 2.45. The molecule has 0 aliphatic carbocycles. The number of carbonyl (C=O) groups excluding carboxylic acids is 1. The molecule has 2 aromatic carbocycles. The van der Waals surface area contributed by atoms with E-state index >= 15 is 0 Å². The van der Waals surface area contributed by atoms with Crippen LogP contribution in [0.25, 0.3) is 22.1 Å². The number of benzene rings is 2. The summed E-state index contributed by atoms with van der Waals surface area (Å²) in [5.41, 5.74) is 1.04. The average Bonchev–Trinajstić information content (AvgIpc) is 2.84. The Morgan fingerprint density at radius 1 is 1.00 bits per heavy atom. The molecule has 1 aliphatic heterocycles. The van der Waals surface area contributed by atoms with Crippen LogP contribution in [0.5, 0.6) is 11.5 Å². The third kappa shape index (κ3) is 4.75. The van der Waals surface area contributed by atoms with Crippen LogP contribution in [0.15, 0.2) is 57.9 Å². The van der Waals surface area contributed by atoms with Crippen molar-refractivity contribution in [3.8, 4) is 22.6 Å². The Balaban J connectivity index is 1.56. The lowest BCUT2D eigenvalue weighted by Gasteiger charge is -2.39. The molecule has 34 heavy (non-hydrogen) atoms. The van der Waals surface area contributed by atoms with Crippen LogP contribution >= 0.6 is 0 Å². The average molecular weight is 472 g/mol. The zero-order valence-corrected chi connectivity index (χ0v) is 18.4. The maximum atomic E-state index is 13.0. The number of fused-ring (bicyclic) bond motifs is 1. The molecule has 0 saturated carbocycles. The minimum atomic E-state index is -1.59. The molecule has 5 atom stereocenters. The van der Waals surface area contributed by atoms with E-state index in [2.05, 4.69) is 0 Å². The molecule has 0 spiro atoms. The van der Waals surface area contributed by atoms with Gasteiger partial charge in [-0.25, -0.2) is 0 Å². The van der Waals surface area contributed by atoms with Crippen molar-refractivity contribution < 1.29 is 43.5 Å². The van der Waals surface area contributed by atoms with E-state index in [-0.39, 0.29) is 23.4 Å². The third-order valence-corrected chi connectivity index (χ3v) is 5.52. The molecule has 0 bridgehead atoms. The summed E-state index contributed by atoms with van der Waals surface area (Å²) in [7, 11) is 1.55. The molecule has 2 heterocycles. The summed E-state index contributed by atoms with van der Waals surface area (Å²) in [5.74, 6) is 0.259. The van der Waals surface area contributed by atoms with Crippen LogP contribution in [0.2, 0.25) is 0 Å². The number of aliphatic hydroxyl groups excluding tert-OH is 3. The first-order valence-electron chi connectivity index (χ1n) is 10.5. The van der Waals surface area contributed by atoms with E-state index < -0.39 is 36.7 Å². The van der Waals surface area contributed by atoms with Crippen LogP contribution in [-0.4, -0.2) is 65.7 Å². The van der Waals surface area contributed by atoms with E-state index in [9.17, 15) is 24.9 Å². The monoisotopic (exact) mass is 472 g/mol. The number of hydrogen-bond donors (Lipinski definition) is 3. The number of aliphatic hydroxyl groups is 3. The second kappa shape index (κ2) is 9.82. The minimum Gasteiger partial charge on any atom is -0.497 e. The second-order valence-corrected chi connectivity index (χ2v) is 7.80. The highest BCUT2D eigenvalue weighted by Crippen LogP contribution is 2.28. The molecule has 10 nitrogen and oxygen atoms in total. The molecule has 10 heteroatoms. The number of ether oxygens (including phenoxy) is 4. The van der Waals surface area contributed by atoms with Crippen LogP contribution in [0.4, 0.5) is 0 Å². The van der Waals surface area contributed by atoms with Gasteiger partial charge in [0.1, 0.15) is 54.4 Å². The first-order valence-corrected chi connectivity index (χ1v) is 10.5. The second-order valence-electron chi connectivity index (χ2n) is 7.80. The summed E-state index contributed by atoms with van der Waals surface area (Å²) in [6, 6.07) is 11.4. The summed E-state index contributed by atoms with van der Waals surface area (Å²) >= 11 is 0. The molecule has 4 rings (SSSR count). The molecule has 180 valence electrons. The smallest absolute Gasteiger partial charge is 0.302 e. The van der Waals surface area contributed by atoms with E-state index in [0.29, 0.717) is 22.3 Å². The van der Waals surface area contributed by atoms with Crippen LogP contribution < -0.4 is 14.9 Å². The summed E-state index contributed by atoms with van der Waals surface area (Å²) in [4.78, 5) is 24.0. The summed E-state index contributed by atoms with van der Waals surface area (Å²) in [5, 5.41) is 30.8. The zero-order chi connectivity index (χ0) is 24.4. The number of hydrogen-bond acceptors (Lipinski definition) is 10. The van der Waals surface area contributed by atoms with Gasteiger partial charge in [0.15, 0.2) is 5.43 Å². The van der Waals surface area contributed by atoms with Crippen LogP contribution in [-0.2, 0) is 14.3 Å². The molecular formula is C24H24O10. The summed E-state index contributed by atoms with van der Waals surface area (Å²) in [6.45, 7) is 0.859. The Bertz CT molecular complexity index is 1220. The number of methoxy groups -OCH3 is 1. The van der Waals surface area contributed by atoms with Gasteiger partial charge < -0.3 is 38.7 Å². The van der Waals surface area contributed by atoms with Crippen molar-refractivity contribution in [1.29, 1.82) is 0 Å². The maximum Gasteiger partial charge on any atom is 0.302 e. The van der Waals surface area contributed by atoms with Gasteiger partial charge in [-0.3, -0.25) is 9.59 Å². The van der Waals surface area contributed by atoms with Crippen LogP contribution in [0.1, 0.15) is 6.92 Å². The lowest BCUT2D eigenvalue weighted by atomic mass is 9.99. The fourth-order valence-electron chi connectivity index (χ4n) is 3.64. The molecule has 3 N–H and O–H groups in total. The molecule has 0 amide bonds. The van der Waals surface area contributed by atoms with Crippen molar-refractivity contribution >= 4 is 16.9 Å². The topological polar surface area (TPSA) is 145 Å². The van der Waals surface area contributed by atoms with E-state index in [0.717, 1.165) is 0 Å². The van der Waals surface area contributed by atoms with Gasteiger partial charge in [0.2, 0.25) is 6.29 Å². The molecule has 1 saturated heterocycles. The lowest BCUT2D eigenvalue weighted by molar-refractivity contribution is -0.278. The van der Waals surface area contributed by atoms with Crippen LogP contribution in [0.3, 0.4) is 0 Å². The largest absolute Gasteiger partial charge is 0.497 e. The number of rotatable bonds is 6. The molecule has 3 aromatic rings. The fourth-order valence-corrected chi connectivity index (χ4v) is 3.64. The highest BCUT2D eigenvalue weighted by molar-refractivity contribution is 5.82. The lowest BCUT2D eigenvalue weighted by Crippen LogP contribution is -2.60. The predicted octanol–water partition coefficient (Wildman–Crippen LogP) is 1.22. The first kappa shape index (κ1) is 23.7. The van der Waals surface area contributed by atoms with E-state index in [1.165, 1.54) is 31.4 Å². The zero-order valence-electron chi connectivity index (χ0n) is 18.4. The number of esters is 1. The maximum absolute atomic E-state index is 13.0. The SMILES string of the molecule is COc1ccc(-c2coc3cc(O[C@@H]4O[C@H](COC(C)=O)[C@@H](O)[C@H](O)[C@H]4O)ccc3c2=O)cc1. The van der Waals surface area contributed by atoms with Crippen molar-refractivity contribution in [1.82, 2.24) is 0 Å². The van der Waals surface area contributed by atoms with Gasteiger partial charge >= 0.3 is 5.97 Å².